The van der Waals surface area contributed by atoms with Crippen molar-refractivity contribution in [3.63, 3.8) is 0 Å². The van der Waals surface area contributed by atoms with Crippen molar-refractivity contribution >= 4 is 23.4 Å². The van der Waals surface area contributed by atoms with Crippen molar-refractivity contribution in [1.29, 1.82) is 0 Å². The number of hydrogen-bond donors (Lipinski definition) is 1. The van der Waals surface area contributed by atoms with Gasteiger partial charge in [0.2, 0.25) is 0 Å². The Balaban J connectivity index is 1.62. The summed E-state index contributed by atoms with van der Waals surface area (Å²) in [6.45, 7) is 2.16. The summed E-state index contributed by atoms with van der Waals surface area (Å²) in [6, 6.07) is 2.55. The molecule has 1 aromatic rings. The zero-order valence-electron chi connectivity index (χ0n) is 11.9. The van der Waals surface area contributed by atoms with Gasteiger partial charge in [0.15, 0.2) is 0 Å². The second-order valence-corrected chi connectivity index (χ2v) is 6.60. The number of nitrogens with one attached hydrogen (secondary N) is 1. The molecule has 0 bridgehead atoms. The number of ether oxygens (including phenoxy) is 1. The summed E-state index contributed by atoms with van der Waals surface area (Å²) in [7, 11) is 1.80. The maximum atomic E-state index is 5.41. The van der Waals surface area contributed by atoms with E-state index in [-0.39, 0.29) is 0 Å². The lowest BCUT2D eigenvalue weighted by atomic mass is 10.2. The van der Waals surface area contributed by atoms with E-state index in [1.807, 2.05) is 11.8 Å². The molecule has 1 N–H and O–H groups in total. The molecule has 1 aliphatic carbocycles. The van der Waals surface area contributed by atoms with Crippen molar-refractivity contribution in [1.82, 2.24) is 9.97 Å². The number of thioether (sulfide) groups is 1. The second kappa shape index (κ2) is 6.63. The maximum Gasteiger partial charge on any atom is 0.134 e. The normalized spacial score (nSPS) is 26.8. The Hall–Kier alpha value is -1.01. The van der Waals surface area contributed by atoms with Gasteiger partial charge in [-0.1, -0.05) is 0 Å². The number of hydrogen-bond acceptors (Lipinski definition) is 6. The van der Waals surface area contributed by atoms with E-state index < -0.39 is 0 Å². The van der Waals surface area contributed by atoms with Gasteiger partial charge in [0.25, 0.3) is 0 Å². The van der Waals surface area contributed by atoms with Crippen LogP contribution in [0.5, 0.6) is 0 Å². The Kier molecular flexibility index (Phi) is 4.62. The van der Waals surface area contributed by atoms with E-state index in [1.165, 1.54) is 11.5 Å². The van der Waals surface area contributed by atoms with Crippen molar-refractivity contribution in [2.75, 3.05) is 41.9 Å². The molecule has 2 heterocycles. The van der Waals surface area contributed by atoms with Crippen LogP contribution >= 0.6 is 11.8 Å². The molecule has 110 valence electrons. The Morgan fingerprint density at radius 3 is 2.90 bits per heavy atom. The van der Waals surface area contributed by atoms with Crippen LogP contribution in [0, 0.1) is 0 Å². The third-order valence-electron chi connectivity index (χ3n) is 4.06. The lowest BCUT2D eigenvalue weighted by Gasteiger charge is -2.27. The highest BCUT2D eigenvalue weighted by atomic mass is 32.2. The van der Waals surface area contributed by atoms with E-state index in [9.17, 15) is 0 Å². The van der Waals surface area contributed by atoms with Gasteiger partial charge >= 0.3 is 0 Å². The largest absolute Gasteiger partial charge is 0.381 e. The highest BCUT2D eigenvalue weighted by Crippen LogP contribution is 2.25. The molecule has 2 fully saturated rings. The summed E-state index contributed by atoms with van der Waals surface area (Å²) in [4.78, 5) is 11.1. The Bertz CT molecular complexity index is 439. The lowest BCUT2D eigenvalue weighted by molar-refractivity contribution is 0.108. The second-order valence-electron chi connectivity index (χ2n) is 5.37. The first kappa shape index (κ1) is 13.9. The minimum atomic E-state index is 0.396. The van der Waals surface area contributed by atoms with Crippen LogP contribution in [-0.4, -0.2) is 53.8 Å². The van der Waals surface area contributed by atoms with Gasteiger partial charge in [-0.25, -0.2) is 9.97 Å². The van der Waals surface area contributed by atoms with Crippen LogP contribution in [0.2, 0.25) is 0 Å². The van der Waals surface area contributed by atoms with Crippen molar-refractivity contribution in [3.05, 3.63) is 12.4 Å². The standard InChI is InChI=1S/C14H22N4OS/c1-19-12-3-2-11(8-12)17-13-9-14(16-10-15-13)18-4-6-20-7-5-18/h9-12H,2-8H2,1H3,(H,15,16,17)/t11-,12-/m0/s1. The van der Waals surface area contributed by atoms with Gasteiger partial charge in [-0.15, -0.1) is 0 Å². The van der Waals surface area contributed by atoms with Crippen molar-refractivity contribution in [3.8, 4) is 0 Å². The molecule has 1 aromatic heterocycles. The summed E-state index contributed by atoms with van der Waals surface area (Å²) < 4.78 is 5.41. The number of rotatable bonds is 4. The molecular formula is C14H22N4OS. The first-order chi connectivity index (χ1) is 9.85. The summed E-state index contributed by atoms with van der Waals surface area (Å²) >= 11 is 2.01. The Morgan fingerprint density at radius 2 is 2.15 bits per heavy atom. The van der Waals surface area contributed by atoms with Crippen LogP contribution in [0.15, 0.2) is 12.4 Å². The average Bonchev–Trinajstić information content (AvgIpc) is 2.96. The van der Waals surface area contributed by atoms with Crippen molar-refractivity contribution in [2.45, 2.75) is 31.4 Å². The summed E-state index contributed by atoms with van der Waals surface area (Å²) in [5, 5.41) is 3.52. The van der Waals surface area contributed by atoms with Crippen LogP contribution in [0.4, 0.5) is 11.6 Å². The fraction of sp³-hybridized carbons (Fsp3) is 0.714. The topological polar surface area (TPSA) is 50.3 Å². The maximum absolute atomic E-state index is 5.41. The van der Waals surface area contributed by atoms with Crippen LogP contribution in [0.3, 0.4) is 0 Å². The highest BCUT2D eigenvalue weighted by molar-refractivity contribution is 7.99. The monoisotopic (exact) mass is 294 g/mol. The first-order valence-electron chi connectivity index (χ1n) is 7.29. The average molecular weight is 294 g/mol. The summed E-state index contributed by atoms with van der Waals surface area (Å²) in [6.07, 6.45) is 5.42. The molecule has 0 aromatic carbocycles. The molecule has 20 heavy (non-hydrogen) atoms. The molecule has 1 saturated heterocycles. The van der Waals surface area contributed by atoms with Crippen molar-refractivity contribution in [2.24, 2.45) is 0 Å². The smallest absolute Gasteiger partial charge is 0.134 e. The van der Waals surface area contributed by atoms with E-state index in [1.54, 1.807) is 13.4 Å². The molecule has 6 heteroatoms. The predicted molar refractivity (Wildman–Crippen MR) is 83.6 cm³/mol. The van der Waals surface area contributed by atoms with Crippen molar-refractivity contribution < 1.29 is 4.74 Å². The number of methoxy groups -OCH3 is 1. The minimum Gasteiger partial charge on any atom is -0.381 e. The summed E-state index contributed by atoms with van der Waals surface area (Å²) in [5.74, 6) is 4.36. The van der Waals surface area contributed by atoms with E-state index in [4.69, 9.17) is 4.74 Å². The molecule has 2 aliphatic rings. The zero-order valence-corrected chi connectivity index (χ0v) is 12.7. The SMILES string of the molecule is CO[C@H]1CC[C@H](Nc2cc(N3CCSCC3)ncn2)C1. The Morgan fingerprint density at radius 1 is 1.30 bits per heavy atom. The van der Waals surface area contributed by atoms with Crippen LogP contribution in [0.1, 0.15) is 19.3 Å². The number of aromatic nitrogens is 2. The van der Waals surface area contributed by atoms with Gasteiger partial charge in [-0.2, -0.15) is 11.8 Å². The van der Waals surface area contributed by atoms with Gasteiger partial charge < -0.3 is 15.0 Å². The number of anilines is 2. The third-order valence-corrected chi connectivity index (χ3v) is 5.00. The van der Waals surface area contributed by atoms with Gasteiger partial charge in [0, 0.05) is 43.8 Å². The zero-order chi connectivity index (χ0) is 13.8. The molecule has 0 unspecified atom stereocenters. The van der Waals surface area contributed by atoms with E-state index >= 15 is 0 Å². The fourth-order valence-electron chi connectivity index (χ4n) is 2.89. The Labute approximate surface area is 124 Å². The minimum absolute atomic E-state index is 0.396. The molecule has 0 radical (unpaired) electrons. The van der Waals surface area contributed by atoms with Gasteiger partial charge in [-0.05, 0) is 19.3 Å². The van der Waals surface area contributed by atoms with E-state index in [0.717, 1.165) is 44.0 Å². The fourth-order valence-corrected chi connectivity index (χ4v) is 3.79. The van der Waals surface area contributed by atoms with E-state index in [0.29, 0.717) is 12.1 Å². The van der Waals surface area contributed by atoms with Gasteiger partial charge in [-0.3, -0.25) is 0 Å². The molecule has 3 rings (SSSR count). The van der Waals surface area contributed by atoms with Crippen LogP contribution in [-0.2, 0) is 4.74 Å². The number of nitrogens with zero attached hydrogens (tertiary/aromatic N) is 3. The summed E-state index contributed by atoms with van der Waals surface area (Å²) in [5.41, 5.74) is 0. The molecular weight excluding hydrogens is 272 g/mol. The molecule has 1 saturated carbocycles. The van der Waals surface area contributed by atoms with Crippen LogP contribution < -0.4 is 10.2 Å². The van der Waals surface area contributed by atoms with Gasteiger partial charge in [0.05, 0.1) is 6.10 Å². The van der Waals surface area contributed by atoms with Gasteiger partial charge in [0.1, 0.15) is 18.0 Å². The molecule has 0 amide bonds. The van der Waals surface area contributed by atoms with Crippen LogP contribution in [0.25, 0.3) is 0 Å². The van der Waals surface area contributed by atoms with E-state index in [2.05, 4.69) is 26.3 Å². The molecule has 1 aliphatic heterocycles. The molecule has 0 spiro atoms. The molecule has 5 nitrogen and oxygen atoms in total. The molecule has 2 atom stereocenters. The first-order valence-corrected chi connectivity index (χ1v) is 8.44. The predicted octanol–water partition coefficient (Wildman–Crippen LogP) is 2.01. The highest BCUT2D eigenvalue weighted by Gasteiger charge is 2.24. The lowest BCUT2D eigenvalue weighted by Crippen LogP contribution is -2.33. The quantitative estimate of drug-likeness (QED) is 0.917. The third kappa shape index (κ3) is 3.35.